The molecule has 0 rings (SSSR count). The van der Waals surface area contributed by atoms with Crippen molar-refractivity contribution in [3.8, 4) is 0 Å². The highest BCUT2D eigenvalue weighted by Gasteiger charge is 2.15. The van der Waals surface area contributed by atoms with Gasteiger partial charge in [-0.3, -0.25) is 19.1 Å². The third-order valence-electron chi connectivity index (χ3n) is 5.70. The maximum atomic E-state index is 11.9. The lowest BCUT2D eigenvalue weighted by molar-refractivity contribution is -0.137. The monoisotopic (exact) mass is 504 g/mol. The molecule has 0 unspecified atom stereocenters. The molecule has 0 saturated heterocycles. The molecule has 0 fully saturated rings. The number of amides is 2. The molecule has 0 bridgehead atoms. The number of nitrogens with one attached hydrogen (secondary N) is 2. The number of carboxylic acid groups (broad SMARTS) is 1. The van der Waals surface area contributed by atoms with E-state index in [0.29, 0.717) is 13.0 Å². The summed E-state index contributed by atoms with van der Waals surface area (Å²) in [6.07, 6.45) is 17.1. The summed E-state index contributed by atoms with van der Waals surface area (Å²) in [7, 11) is -3.67. The minimum absolute atomic E-state index is 0.144. The van der Waals surface area contributed by atoms with E-state index >= 15 is 0 Å². The standard InChI is InChI=1S/C25H48N2O6S/c1-2-21-26-23(28)19-17-22-34(32,33)27-24(29)18-15-13-11-9-7-5-3-4-6-8-10-12-14-16-20-25(30)31/h2-22H2,1H3,(H,26,28)(H,27,29)(H,30,31). The van der Waals surface area contributed by atoms with Gasteiger partial charge in [-0.15, -0.1) is 0 Å². The summed E-state index contributed by atoms with van der Waals surface area (Å²) in [5.74, 6) is -1.54. The maximum absolute atomic E-state index is 11.9. The third kappa shape index (κ3) is 23.5. The van der Waals surface area contributed by atoms with E-state index in [4.69, 9.17) is 5.11 Å². The van der Waals surface area contributed by atoms with Gasteiger partial charge >= 0.3 is 5.97 Å². The number of carbonyl (C=O) groups excluding carboxylic acids is 2. The van der Waals surface area contributed by atoms with E-state index in [-0.39, 0.29) is 37.3 Å². The van der Waals surface area contributed by atoms with Crippen molar-refractivity contribution in [1.82, 2.24) is 10.0 Å². The van der Waals surface area contributed by atoms with Crippen LogP contribution in [0.1, 0.15) is 129 Å². The molecule has 0 radical (unpaired) electrons. The van der Waals surface area contributed by atoms with Gasteiger partial charge in [0.2, 0.25) is 21.8 Å². The summed E-state index contributed by atoms with van der Waals surface area (Å²) in [5, 5.41) is 11.3. The molecule has 0 aromatic rings. The molecule has 8 nitrogen and oxygen atoms in total. The van der Waals surface area contributed by atoms with Crippen LogP contribution >= 0.6 is 0 Å². The number of carbonyl (C=O) groups is 3. The second-order valence-electron chi connectivity index (χ2n) is 9.14. The van der Waals surface area contributed by atoms with Crippen molar-refractivity contribution in [2.45, 2.75) is 129 Å². The highest BCUT2D eigenvalue weighted by molar-refractivity contribution is 7.90. The average Bonchev–Trinajstić information content (AvgIpc) is 2.76. The Labute approximate surface area is 207 Å². The molecule has 0 aromatic carbocycles. The first-order valence-electron chi connectivity index (χ1n) is 13.3. The number of rotatable bonds is 24. The average molecular weight is 505 g/mol. The van der Waals surface area contributed by atoms with Crippen LogP contribution in [0, 0.1) is 0 Å². The molecule has 0 aliphatic rings. The lowest BCUT2D eigenvalue weighted by atomic mass is 10.0. The van der Waals surface area contributed by atoms with Crippen LogP contribution in [-0.4, -0.2) is 43.6 Å². The summed E-state index contributed by atoms with van der Waals surface area (Å²) in [5.41, 5.74) is 0. The summed E-state index contributed by atoms with van der Waals surface area (Å²) < 4.78 is 26.0. The second kappa shape index (κ2) is 21.9. The highest BCUT2D eigenvalue weighted by Crippen LogP contribution is 2.13. The second-order valence-corrected chi connectivity index (χ2v) is 11.0. The van der Waals surface area contributed by atoms with Crippen LogP contribution in [0.4, 0.5) is 0 Å². The predicted octanol–water partition coefficient (Wildman–Crippen LogP) is 5.07. The molecule has 2 amide bonds. The van der Waals surface area contributed by atoms with Gasteiger partial charge in [0.05, 0.1) is 5.75 Å². The summed E-state index contributed by atoms with van der Waals surface area (Å²) in [6, 6.07) is 0. The van der Waals surface area contributed by atoms with E-state index in [1.165, 1.54) is 44.9 Å². The van der Waals surface area contributed by atoms with Crippen LogP contribution in [-0.2, 0) is 24.4 Å². The van der Waals surface area contributed by atoms with E-state index < -0.39 is 21.9 Å². The summed E-state index contributed by atoms with van der Waals surface area (Å²) in [4.78, 5) is 33.8. The molecule has 0 aliphatic heterocycles. The number of unbranched alkanes of at least 4 members (excludes halogenated alkanes) is 13. The molecule has 9 heteroatoms. The number of carboxylic acids is 1. The highest BCUT2D eigenvalue weighted by atomic mass is 32.2. The van der Waals surface area contributed by atoms with Crippen LogP contribution in [0.3, 0.4) is 0 Å². The van der Waals surface area contributed by atoms with Gasteiger partial charge in [-0.25, -0.2) is 8.42 Å². The van der Waals surface area contributed by atoms with Gasteiger partial charge in [-0.2, -0.15) is 0 Å². The fraction of sp³-hybridized carbons (Fsp3) is 0.880. The topological polar surface area (TPSA) is 130 Å². The lowest BCUT2D eigenvalue weighted by Crippen LogP contribution is -2.33. The van der Waals surface area contributed by atoms with Crippen molar-refractivity contribution in [3.05, 3.63) is 0 Å². The van der Waals surface area contributed by atoms with E-state index in [1.54, 1.807) is 0 Å². The van der Waals surface area contributed by atoms with E-state index in [0.717, 1.165) is 44.9 Å². The van der Waals surface area contributed by atoms with E-state index in [2.05, 4.69) is 10.0 Å². The molecule has 3 N–H and O–H groups in total. The van der Waals surface area contributed by atoms with Gasteiger partial charge in [-0.1, -0.05) is 84.0 Å². The predicted molar refractivity (Wildman–Crippen MR) is 136 cm³/mol. The Balaban J connectivity index is 3.48. The normalized spacial score (nSPS) is 11.3. The Morgan fingerprint density at radius 3 is 1.47 bits per heavy atom. The molecule has 0 heterocycles. The van der Waals surface area contributed by atoms with Crippen LogP contribution in [0.5, 0.6) is 0 Å². The van der Waals surface area contributed by atoms with Gasteiger partial charge in [0.25, 0.3) is 0 Å². The van der Waals surface area contributed by atoms with Crippen molar-refractivity contribution < 1.29 is 27.9 Å². The molecule has 0 aliphatic carbocycles. The smallest absolute Gasteiger partial charge is 0.303 e. The van der Waals surface area contributed by atoms with Gasteiger partial charge in [-0.05, 0) is 25.7 Å². The quantitative estimate of drug-likeness (QED) is 0.157. The molecular weight excluding hydrogens is 456 g/mol. The SMILES string of the molecule is CCCNC(=O)CCCS(=O)(=O)NC(=O)CCCCCCCCCCCCCCCCC(=O)O. The van der Waals surface area contributed by atoms with Crippen LogP contribution in [0.2, 0.25) is 0 Å². The minimum atomic E-state index is -3.67. The van der Waals surface area contributed by atoms with Gasteiger partial charge in [0, 0.05) is 25.8 Å². The molecular formula is C25H48N2O6S. The van der Waals surface area contributed by atoms with Gasteiger partial charge in [0.1, 0.15) is 0 Å². The molecule has 0 spiro atoms. The first-order valence-corrected chi connectivity index (χ1v) is 14.9. The lowest BCUT2D eigenvalue weighted by Gasteiger charge is -2.07. The van der Waals surface area contributed by atoms with Crippen LogP contribution in [0.25, 0.3) is 0 Å². The minimum Gasteiger partial charge on any atom is -0.481 e. The molecule has 0 aromatic heterocycles. The van der Waals surface area contributed by atoms with Gasteiger partial charge < -0.3 is 10.4 Å². The fourth-order valence-corrected chi connectivity index (χ4v) is 4.81. The number of hydrogen-bond acceptors (Lipinski definition) is 5. The fourth-order valence-electron chi connectivity index (χ4n) is 3.73. The van der Waals surface area contributed by atoms with E-state index in [1.807, 2.05) is 6.92 Å². The Morgan fingerprint density at radius 1 is 0.618 bits per heavy atom. The Hall–Kier alpha value is -1.64. The third-order valence-corrected chi connectivity index (χ3v) is 7.07. The number of aliphatic carboxylic acids is 1. The van der Waals surface area contributed by atoms with Gasteiger partial charge in [0.15, 0.2) is 0 Å². The Kier molecular flexibility index (Phi) is 20.8. The first kappa shape index (κ1) is 32.4. The molecule has 0 saturated carbocycles. The Bertz CT molecular complexity index is 652. The van der Waals surface area contributed by atoms with Crippen molar-refractivity contribution >= 4 is 27.8 Å². The van der Waals surface area contributed by atoms with Crippen LogP contribution in [0.15, 0.2) is 0 Å². The van der Waals surface area contributed by atoms with Crippen molar-refractivity contribution in [2.24, 2.45) is 0 Å². The molecule has 200 valence electrons. The van der Waals surface area contributed by atoms with Crippen molar-refractivity contribution in [2.75, 3.05) is 12.3 Å². The summed E-state index contributed by atoms with van der Waals surface area (Å²) >= 11 is 0. The maximum Gasteiger partial charge on any atom is 0.303 e. The molecule has 34 heavy (non-hydrogen) atoms. The van der Waals surface area contributed by atoms with Crippen molar-refractivity contribution in [3.63, 3.8) is 0 Å². The zero-order valence-corrected chi connectivity index (χ0v) is 22.1. The summed E-state index contributed by atoms with van der Waals surface area (Å²) in [6.45, 7) is 2.53. The molecule has 0 atom stereocenters. The number of sulfonamides is 1. The van der Waals surface area contributed by atoms with E-state index in [9.17, 15) is 22.8 Å². The largest absolute Gasteiger partial charge is 0.481 e. The Morgan fingerprint density at radius 2 is 1.03 bits per heavy atom. The van der Waals surface area contributed by atoms with Crippen LogP contribution < -0.4 is 10.0 Å². The first-order chi connectivity index (χ1) is 16.3. The zero-order chi connectivity index (χ0) is 25.5. The number of hydrogen-bond donors (Lipinski definition) is 3. The van der Waals surface area contributed by atoms with Crippen molar-refractivity contribution in [1.29, 1.82) is 0 Å². The zero-order valence-electron chi connectivity index (χ0n) is 21.2.